The average Bonchev–Trinajstić information content (AvgIpc) is 3.04. The summed E-state index contributed by atoms with van der Waals surface area (Å²) >= 11 is 1.72. The third-order valence-corrected chi connectivity index (χ3v) is 5.26. The van der Waals surface area contributed by atoms with Crippen molar-refractivity contribution < 1.29 is 4.74 Å². The number of rotatable bonds is 6. The van der Waals surface area contributed by atoms with Crippen LogP contribution in [-0.4, -0.2) is 11.6 Å². The van der Waals surface area contributed by atoms with Crippen molar-refractivity contribution in [2.45, 2.75) is 33.7 Å². The molecule has 2 N–H and O–H groups in total. The van der Waals surface area contributed by atoms with Crippen molar-refractivity contribution in [1.82, 2.24) is 4.98 Å². The number of thiazole rings is 1. The molecule has 1 aromatic heterocycles. The summed E-state index contributed by atoms with van der Waals surface area (Å²) in [6.45, 7) is 7.51. The fourth-order valence-corrected chi connectivity index (χ4v) is 3.75. The van der Waals surface area contributed by atoms with Gasteiger partial charge in [-0.25, -0.2) is 4.98 Å². The van der Waals surface area contributed by atoms with Crippen LogP contribution in [0.5, 0.6) is 5.75 Å². The third kappa shape index (κ3) is 3.75. The maximum Gasteiger partial charge on any atom is 0.128 e. The molecule has 3 aromatic rings. The summed E-state index contributed by atoms with van der Waals surface area (Å²) in [5.74, 6) is 0.901. The first kappa shape index (κ1) is 17.6. The number of hydrogen-bond donors (Lipinski definition) is 1. The molecule has 130 valence electrons. The van der Waals surface area contributed by atoms with Crippen molar-refractivity contribution in [2.75, 3.05) is 6.61 Å². The lowest BCUT2D eigenvalue weighted by atomic mass is 10.0. The van der Waals surface area contributed by atoms with Gasteiger partial charge in [-0.1, -0.05) is 37.3 Å². The molecule has 4 heteroatoms. The van der Waals surface area contributed by atoms with Crippen LogP contribution >= 0.6 is 11.3 Å². The minimum Gasteiger partial charge on any atom is -0.493 e. The summed E-state index contributed by atoms with van der Waals surface area (Å²) in [5.41, 5.74) is 11.3. The smallest absolute Gasteiger partial charge is 0.128 e. The molecule has 0 radical (unpaired) electrons. The summed E-state index contributed by atoms with van der Waals surface area (Å²) in [7, 11) is 0. The zero-order chi connectivity index (χ0) is 17.8. The minimum absolute atomic E-state index is 0.559. The highest BCUT2D eigenvalue weighted by atomic mass is 32.1. The quantitative estimate of drug-likeness (QED) is 0.663. The lowest BCUT2D eigenvalue weighted by Crippen LogP contribution is -1.96. The number of nitrogens with two attached hydrogens (primary N) is 1. The van der Waals surface area contributed by atoms with Gasteiger partial charge in [0.05, 0.1) is 12.3 Å². The van der Waals surface area contributed by atoms with Gasteiger partial charge in [-0.2, -0.15) is 0 Å². The van der Waals surface area contributed by atoms with Crippen molar-refractivity contribution in [2.24, 2.45) is 5.73 Å². The molecule has 0 amide bonds. The highest BCUT2D eigenvalue weighted by Gasteiger charge is 2.16. The highest BCUT2D eigenvalue weighted by molar-refractivity contribution is 7.15. The van der Waals surface area contributed by atoms with Gasteiger partial charge in [-0.05, 0) is 43.5 Å². The van der Waals surface area contributed by atoms with Crippen molar-refractivity contribution in [3.05, 3.63) is 58.5 Å². The molecule has 2 aromatic carbocycles. The van der Waals surface area contributed by atoms with E-state index >= 15 is 0 Å². The Hall–Kier alpha value is -2.17. The van der Waals surface area contributed by atoms with Gasteiger partial charge in [0.15, 0.2) is 0 Å². The van der Waals surface area contributed by atoms with Crippen molar-refractivity contribution in [3.8, 4) is 27.6 Å². The summed E-state index contributed by atoms with van der Waals surface area (Å²) in [6, 6.07) is 14.7. The molecule has 3 rings (SSSR count). The average molecular weight is 353 g/mol. The molecule has 0 saturated carbocycles. The van der Waals surface area contributed by atoms with Gasteiger partial charge in [0.1, 0.15) is 10.8 Å². The predicted octanol–water partition coefficient (Wildman–Crippen LogP) is 5.21. The molecular formula is C21H24N2OS. The number of nitrogens with zero attached hydrogens (tertiary/aromatic N) is 1. The fraction of sp³-hybridized carbons (Fsp3) is 0.286. The number of benzene rings is 2. The normalized spacial score (nSPS) is 10.9. The molecule has 1 heterocycles. The van der Waals surface area contributed by atoms with E-state index in [4.69, 9.17) is 15.5 Å². The highest BCUT2D eigenvalue weighted by Crippen LogP contribution is 2.38. The van der Waals surface area contributed by atoms with Crippen LogP contribution in [0.15, 0.2) is 42.5 Å². The Morgan fingerprint density at radius 1 is 1.04 bits per heavy atom. The van der Waals surface area contributed by atoms with Crippen LogP contribution in [0.3, 0.4) is 0 Å². The van der Waals surface area contributed by atoms with Crippen LogP contribution in [0.4, 0.5) is 0 Å². The van der Waals surface area contributed by atoms with Crippen LogP contribution in [0.25, 0.3) is 21.8 Å². The molecule has 25 heavy (non-hydrogen) atoms. The predicted molar refractivity (Wildman–Crippen MR) is 106 cm³/mol. The van der Waals surface area contributed by atoms with E-state index in [0.717, 1.165) is 39.6 Å². The summed E-state index contributed by atoms with van der Waals surface area (Å²) in [4.78, 5) is 6.13. The van der Waals surface area contributed by atoms with Crippen molar-refractivity contribution in [3.63, 3.8) is 0 Å². The molecule has 0 atom stereocenters. The molecule has 0 saturated heterocycles. The second-order valence-electron chi connectivity index (χ2n) is 5.94. The molecule has 0 fully saturated rings. The Kier molecular flexibility index (Phi) is 5.51. The zero-order valence-corrected chi connectivity index (χ0v) is 15.8. The van der Waals surface area contributed by atoms with E-state index < -0.39 is 0 Å². The molecule has 0 aliphatic rings. The minimum atomic E-state index is 0.559. The standard InChI is InChI=1S/C21H24N2OS/c1-4-15-8-11-19(24-5-2)18(12-15)20-14(3)25-21(23-20)17-9-6-16(13-22)7-10-17/h6-12H,4-5,13,22H2,1-3H3. The van der Waals surface area contributed by atoms with Gasteiger partial charge in [0.25, 0.3) is 0 Å². The second kappa shape index (κ2) is 7.81. The van der Waals surface area contributed by atoms with Gasteiger partial charge < -0.3 is 10.5 Å². The van der Waals surface area contributed by atoms with Gasteiger partial charge in [0.2, 0.25) is 0 Å². The van der Waals surface area contributed by atoms with Crippen LogP contribution < -0.4 is 10.5 Å². The molecular weight excluding hydrogens is 328 g/mol. The first-order valence-electron chi connectivity index (χ1n) is 8.69. The lowest BCUT2D eigenvalue weighted by Gasteiger charge is -2.11. The van der Waals surface area contributed by atoms with Gasteiger partial charge in [-0.3, -0.25) is 0 Å². The van der Waals surface area contributed by atoms with Crippen molar-refractivity contribution in [1.29, 1.82) is 0 Å². The van der Waals surface area contributed by atoms with Crippen LogP contribution in [-0.2, 0) is 13.0 Å². The zero-order valence-electron chi connectivity index (χ0n) is 15.0. The Morgan fingerprint density at radius 3 is 2.40 bits per heavy atom. The van der Waals surface area contributed by atoms with E-state index in [9.17, 15) is 0 Å². The van der Waals surface area contributed by atoms with Gasteiger partial charge in [0, 0.05) is 22.5 Å². The maximum absolute atomic E-state index is 5.84. The van der Waals surface area contributed by atoms with E-state index in [2.05, 4.69) is 56.3 Å². The van der Waals surface area contributed by atoms with E-state index in [-0.39, 0.29) is 0 Å². The van der Waals surface area contributed by atoms with Crippen LogP contribution in [0.2, 0.25) is 0 Å². The SMILES string of the molecule is CCOc1ccc(CC)cc1-c1nc(-c2ccc(CN)cc2)sc1C. The molecule has 0 spiro atoms. The Labute approximate surface area is 153 Å². The lowest BCUT2D eigenvalue weighted by molar-refractivity contribution is 0.341. The summed E-state index contributed by atoms with van der Waals surface area (Å²) in [6.07, 6.45) is 0.996. The number of ether oxygens (including phenoxy) is 1. The first-order valence-corrected chi connectivity index (χ1v) is 9.50. The molecule has 3 nitrogen and oxygen atoms in total. The van der Waals surface area contributed by atoms with E-state index in [1.165, 1.54) is 10.4 Å². The van der Waals surface area contributed by atoms with Gasteiger partial charge >= 0.3 is 0 Å². The Morgan fingerprint density at radius 2 is 1.76 bits per heavy atom. The van der Waals surface area contributed by atoms with Crippen molar-refractivity contribution >= 4 is 11.3 Å². The van der Waals surface area contributed by atoms with E-state index in [1.807, 2.05) is 6.92 Å². The van der Waals surface area contributed by atoms with Gasteiger partial charge in [-0.15, -0.1) is 11.3 Å². The third-order valence-electron chi connectivity index (χ3n) is 4.24. The summed E-state index contributed by atoms with van der Waals surface area (Å²) < 4.78 is 5.84. The molecule has 0 aliphatic carbocycles. The number of aromatic nitrogens is 1. The van der Waals surface area contributed by atoms with E-state index in [0.29, 0.717) is 13.2 Å². The maximum atomic E-state index is 5.84. The number of aryl methyl sites for hydroxylation is 2. The second-order valence-corrected chi connectivity index (χ2v) is 7.15. The monoisotopic (exact) mass is 352 g/mol. The number of hydrogen-bond acceptors (Lipinski definition) is 4. The molecule has 0 unspecified atom stereocenters. The molecule has 0 bridgehead atoms. The van der Waals surface area contributed by atoms with Crippen LogP contribution in [0.1, 0.15) is 29.9 Å². The first-order chi connectivity index (χ1) is 12.2. The largest absolute Gasteiger partial charge is 0.493 e. The Bertz CT molecular complexity index is 853. The topological polar surface area (TPSA) is 48.1 Å². The van der Waals surface area contributed by atoms with E-state index in [1.54, 1.807) is 11.3 Å². The molecule has 0 aliphatic heterocycles. The Balaban J connectivity index is 2.05. The van der Waals surface area contributed by atoms with Crippen LogP contribution in [0, 0.1) is 6.92 Å². The summed E-state index contributed by atoms with van der Waals surface area (Å²) in [5, 5.41) is 1.03. The fourth-order valence-electron chi connectivity index (χ4n) is 2.82.